The van der Waals surface area contributed by atoms with E-state index in [0.29, 0.717) is 64.6 Å². The lowest BCUT2D eigenvalue weighted by Crippen LogP contribution is -2.36. The minimum Gasteiger partial charge on any atom is -0.351 e. The Balaban J connectivity index is 0.000000201. The number of rotatable bonds is 16. The molecule has 360 valence electrons. The van der Waals surface area contributed by atoms with Gasteiger partial charge in [0.15, 0.2) is 34.0 Å². The quantitative estimate of drug-likeness (QED) is 0.0502. The fourth-order valence-corrected chi connectivity index (χ4v) is 8.70. The lowest BCUT2D eigenvalue weighted by atomic mass is 9.91. The molecule has 0 radical (unpaired) electrons. The van der Waals surface area contributed by atoms with E-state index in [1.807, 2.05) is 61.2 Å². The molecule has 0 aliphatic heterocycles. The van der Waals surface area contributed by atoms with E-state index in [2.05, 4.69) is 130 Å². The van der Waals surface area contributed by atoms with E-state index in [9.17, 15) is 9.59 Å². The van der Waals surface area contributed by atoms with Crippen molar-refractivity contribution in [3.8, 4) is 0 Å². The van der Waals surface area contributed by atoms with Gasteiger partial charge in [-0.2, -0.15) is 19.9 Å². The maximum atomic E-state index is 11.7. The van der Waals surface area contributed by atoms with E-state index in [4.69, 9.17) is 19.9 Å². The first-order valence-electron chi connectivity index (χ1n) is 23.6. The number of aromatic nitrogens is 8. The normalized spacial score (nSPS) is 18.3. The zero-order chi connectivity index (χ0) is 48.5. The minimum absolute atomic E-state index is 0.216. The number of carbonyl (C=O) groups excluding carboxylic acids is 2. The molecule has 2 aliphatic rings. The summed E-state index contributed by atoms with van der Waals surface area (Å²) >= 11 is 0. The molecule has 2 aliphatic carbocycles. The fraction of sp³-hybridized carbons (Fsp3) is 0.440. The van der Waals surface area contributed by atoms with Gasteiger partial charge in [0.2, 0.25) is 23.7 Å². The van der Waals surface area contributed by atoms with Crippen LogP contribution >= 0.6 is 0 Å². The summed E-state index contributed by atoms with van der Waals surface area (Å²) < 4.78 is 4.11. The van der Waals surface area contributed by atoms with Crippen LogP contribution in [0.4, 0.5) is 46.3 Å². The molecule has 0 spiro atoms. The number of nitrogens with zero attached hydrogens (tertiary/aromatic N) is 10. The zero-order valence-electron chi connectivity index (χ0n) is 40.8. The second-order valence-corrected chi connectivity index (χ2v) is 18.6. The van der Waals surface area contributed by atoms with Crippen LogP contribution in [0.5, 0.6) is 0 Å². The van der Waals surface area contributed by atoms with Crippen molar-refractivity contribution in [1.82, 2.24) is 48.8 Å². The summed E-state index contributed by atoms with van der Waals surface area (Å²) in [5.41, 5.74) is 6.01. The van der Waals surface area contributed by atoms with E-state index in [1.54, 1.807) is 0 Å². The largest absolute Gasteiger partial charge is 0.351 e. The smallest absolute Gasteiger partial charge is 0.247 e. The highest BCUT2D eigenvalue weighted by molar-refractivity contribution is 6.00. The SMILES string of the molecule is C=CC(=O)Nc1ccc(Nc2nc(NC3CCC(N(C)C)CC3)nc3c2ncn3C(C)C)cc1.C=CC(=O)Nc1cccc(Nc2nc(NC3CCC(N(C)C)CC3)nc3c2ncn3C(C)C)c1. The molecule has 0 atom stereocenters. The van der Waals surface area contributed by atoms with Crippen molar-refractivity contribution in [1.29, 1.82) is 0 Å². The van der Waals surface area contributed by atoms with E-state index >= 15 is 0 Å². The maximum absolute atomic E-state index is 11.7. The summed E-state index contributed by atoms with van der Waals surface area (Å²) in [6, 6.07) is 17.3. The Morgan fingerprint density at radius 1 is 0.588 bits per heavy atom. The first-order chi connectivity index (χ1) is 32.7. The third-order valence-electron chi connectivity index (χ3n) is 12.7. The molecule has 0 bridgehead atoms. The van der Waals surface area contributed by atoms with Crippen molar-refractivity contribution in [3.63, 3.8) is 0 Å². The van der Waals surface area contributed by atoms with Gasteiger partial charge in [0.1, 0.15) is 0 Å². The Hall–Kier alpha value is -6.92. The van der Waals surface area contributed by atoms with Crippen LogP contribution in [0.15, 0.2) is 86.5 Å². The number of hydrogen-bond donors (Lipinski definition) is 6. The number of fused-ring (bicyclic) bond motifs is 2. The van der Waals surface area contributed by atoms with E-state index in [-0.39, 0.29) is 23.9 Å². The molecule has 18 nitrogen and oxygen atoms in total. The monoisotopic (exact) mass is 925 g/mol. The number of imidazole rings is 2. The van der Waals surface area contributed by atoms with Crippen LogP contribution in [0.1, 0.15) is 91.1 Å². The van der Waals surface area contributed by atoms with Gasteiger partial charge in [0.25, 0.3) is 0 Å². The Labute approximate surface area is 399 Å². The number of nitrogens with one attached hydrogen (secondary N) is 6. The Kier molecular flexibility index (Phi) is 16.0. The first-order valence-corrected chi connectivity index (χ1v) is 23.6. The highest BCUT2D eigenvalue weighted by Gasteiger charge is 2.26. The van der Waals surface area contributed by atoms with Gasteiger partial charge in [-0.25, -0.2) is 9.97 Å². The van der Waals surface area contributed by atoms with Crippen molar-refractivity contribution in [3.05, 3.63) is 86.5 Å². The van der Waals surface area contributed by atoms with Crippen molar-refractivity contribution >= 4 is 80.4 Å². The second-order valence-electron chi connectivity index (χ2n) is 18.6. The molecule has 2 saturated carbocycles. The van der Waals surface area contributed by atoms with Crippen molar-refractivity contribution in [2.45, 2.75) is 115 Å². The zero-order valence-corrected chi connectivity index (χ0v) is 40.8. The molecule has 2 fully saturated rings. The lowest BCUT2D eigenvalue weighted by molar-refractivity contribution is -0.112. The van der Waals surface area contributed by atoms with Crippen LogP contribution in [-0.4, -0.2) is 113 Å². The third-order valence-corrected chi connectivity index (χ3v) is 12.7. The molecule has 68 heavy (non-hydrogen) atoms. The van der Waals surface area contributed by atoms with Gasteiger partial charge in [-0.05, 0) is 162 Å². The van der Waals surface area contributed by atoms with Gasteiger partial charge in [0, 0.05) is 59.0 Å². The number of amides is 2. The minimum atomic E-state index is -0.257. The molecular formula is C50H68N16O2. The van der Waals surface area contributed by atoms with E-state index < -0.39 is 0 Å². The number of benzene rings is 2. The summed E-state index contributed by atoms with van der Waals surface area (Å²) in [5.74, 6) is 1.99. The standard InChI is InChI=1S/2C25H34N8O/c1-6-21(34)27-17-7-9-18(10-8-17)28-23-22-24(33(15-26-22)16(2)3)31-25(30-23)29-19-11-13-20(14-12-19)32(4)5;1-6-21(34)27-18-8-7-9-19(14-18)28-23-22-24(33(15-26-22)16(2)3)31-25(30-23)29-17-10-12-20(13-11-17)32(4)5/h6-10,15-16,19-20H,1,11-14H2,2-5H3,(H,27,34)(H2,28,29,30,31);6-9,14-17,20H,1,10-13H2,2-5H3,(H,27,34)(H2,28,29,30,31). The fourth-order valence-electron chi connectivity index (χ4n) is 8.70. The molecule has 6 aromatic rings. The molecule has 4 heterocycles. The van der Waals surface area contributed by atoms with Crippen LogP contribution in [0.3, 0.4) is 0 Å². The average molecular weight is 925 g/mol. The van der Waals surface area contributed by atoms with Crippen molar-refractivity contribution in [2.75, 3.05) is 60.1 Å². The summed E-state index contributed by atoms with van der Waals surface area (Å²) in [7, 11) is 8.61. The van der Waals surface area contributed by atoms with Crippen LogP contribution < -0.4 is 31.9 Å². The van der Waals surface area contributed by atoms with Gasteiger partial charge in [-0.15, -0.1) is 0 Å². The lowest BCUT2D eigenvalue weighted by Gasteiger charge is -2.33. The highest BCUT2D eigenvalue weighted by atomic mass is 16.2. The predicted octanol–water partition coefficient (Wildman–Crippen LogP) is 9.12. The molecule has 6 N–H and O–H groups in total. The highest BCUT2D eigenvalue weighted by Crippen LogP contribution is 2.31. The molecule has 0 unspecified atom stereocenters. The Bertz CT molecular complexity index is 2670. The molecule has 4 aromatic heterocycles. The third kappa shape index (κ3) is 12.3. The van der Waals surface area contributed by atoms with Crippen molar-refractivity contribution < 1.29 is 9.59 Å². The second kappa shape index (κ2) is 22.3. The number of anilines is 8. The van der Waals surface area contributed by atoms with E-state index in [1.165, 1.54) is 12.2 Å². The van der Waals surface area contributed by atoms with Gasteiger partial charge in [-0.1, -0.05) is 19.2 Å². The summed E-state index contributed by atoms with van der Waals surface area (Å²) in [6.45, 7) is 15.4. The van der Waals surface area contributed by atoms with Gasteiger partial charge in [-0.3, -0.25) is 9.59 Å². The summed E-state index contributed by atoms with van der Waals surface area (Å²) in [4.78, 5) is 56.3. The summed E-state index contributed by atoms with van der Waals surface area (Å²) in [5, 5.41) is 19.4. The average Bonchev–Trinajstić information content (AvgIpc) is 3.96. The molecule has 8 rings (SSSR count). The van der Waals surface area contributed by atoms with Crippen molar-refractivity contribution in [2.24, 2.45) is 0 Å². The first kappa shape index (κ1) is 49.0. The molecule has 2 aromatic carbocycles. The summed E-state index contributed by atoms with van der Waals surface area (Å²) in [6.07, 6.45) is 15.1. The van der Waals surface area contributed by atoms with Crippen LogP contribution in [0.2, 0.25) is 0 Å². The van der Waals surface area contributed by atoms with Crippen LogP contribution in [0.25, 0.3) is 22.3 Å². The van der Waals surface area contributed by atoms with E-state index in [0.717, 1.165) is 79.6 Å². The molecule has 2 amide bonds. The predicted molar refractivity (Wildman–Crippen MR) is 275 cm³/mol. The Morgan fingerprint density at radius 3 is 1.43 bits per heavy atom. The van der Waals surface area contributed by atoms with Crippen LogP contribution in [-0.2, 0) is 9.59 Å². The van der Waals surface area contributed by atoms with Gasteiger partial charge < -0.3 is 50.8 Å². The topological polar surface area (TPSA) is 200 Å². The number of carbonyl (C=O) groups is 2. The van der Waals surface area contributed by atoms with Crippen LogP contribution in [0, 0.1) is 0 Å². The van der Waals surface area contributed by atoms with Gasteiger partial charge >= 0.3 is 0 Å². The molecular weight excluding hydrogens is 857 g/mol. The molecule has 18 heteroatoms. The maximum Gasteiger partial charge on any atom is 0.247 e. The molecule has 0 saturated heterocycles. The number of hydrogen-bond acceptors (Lipinski definition) is 14. The van der Waals surface area contributed by atoms with Gasteiger partial charge in [0.05, 0.1) is 12.7 Å². The Morgan fingerprint density at radius 2 is 1.00 bits per heavy atom.